The second-order valence-electron chi connectivity index (χ2n) is 4.70. The molecule has 0 aliphatic rings. The van der Waals surface area contributed by atoms with Gasteiger partial charge < -0.3 is 20.9 Å². The molecule has 0 heterocycles. The molecule has 124 valence electrons. The van der Waals surface area contributed by atoms with Gasteiger partial charge in [0.05, 0.1) is 0 Å². The molecule has 1 aromatic rings. The summed E-state index contributed by atoms with van der Waals surface area (Å²) in [5.41, 5.74) is 5.43. The summed E-state index contributed by atoms with van der Waals surface area (Å²) in [5.74, 6) is -1.24. The smallest absolute Gasteiger partial charge is 0.328 e. The number of benzene rings is 1. The second kappa shape index (κ2) is 9.19. The van der Waals surface area contributed by atoms with Crippen molar-refractivity contribution in [2.75, 3.05) is 6.54 Å². The van der Waals surface area contributed by atoms with Crippen LogP contribution in [0.3, 0.4) is 0 Å². The van der Waals surface area contributed by atoms with Crippen LogP contribution in [-0.4, -0.2) is 41.9 Å². The Morgan fingerprint density at radius 3 is 2.70 bits per heavy atom. The van der Waals surface area contributed by atoms with Gasteiger partial charge in [0.25, 0.3) is 0 Å². The predicted molar refractivity (Wildman–Crippen MR) is 83.6 cm³/mol. The Morgan fingerprint density at radius 1 is 1.39 bits per heavy atom. The Morgan fingerprint density at radius 2 is 2.09 bits per heavy atom. The zero-order valence-electron chi connectivity index (χ0n) is 12.7. The van der Waals surface area contributed by atoms with Gasteiger partial charge >= 0.3 is 18.0 Å². The quantitative estimate of drug-likeness (QED) is 0.284. The lowest BCUT2D eigenvalue weighted by Crippen LogP contribution is -2.31. The summed E-state index contributed by atoms with van der Waals surface area (Å²) in [6, 6.07) is 5.05. The van der Waals surface area contributed by atoms with Crippen LogP contribution in [0.15, 0.2) is 29.3 Å². The van der Waals surface area contributed by atoms with E-state index in [-0.39, 0.29) is 13.0 Å². The lowest BCUT2D eigenvalue weighted by atomic mass is 10.1. The molecule has 23 heavy (non-hydrogen) atoms. The Hall–Kier alpha value is -2.90. The average molecular weight is 321 g/mol. The van der Waals surface area contributed by atoms with Gasteiger partial charge in [0.2, 0.25) is 0 Å². The fraction of sp³-hybridized carbons (Fsp3) is 0.333. The molecule has 0 saturated heterocycles. The molecular weight excluding hydrogens is 302 g/mol. The van der Waals surface area contributed by atoms with Crippen LogP contribution < -0.4 is 15.8 Å². The van der Waals surface area contributed by atoms with Crippen molar-refractivity contribution < 1.29 is 24.2 Å². The fourth-order valence-electron chi connectivity index (χ4n) is 1.77. The van der Waals surface area contributed by atoms with E-state index < -0.39 is 24.0 Å². The van der Waals surface area contributed by atoms with Crippen LogP contribution in [0.2, 0.25) is 0 Å². The van der Waals surface area contributed by atoms with Crippen LogP contribution in [0.4, 0.5) is 4.79 Å². The van der Waals surface area contributed by atoms with Crippen LogP contribution in [0.5, 0.6) is 5.75 Å². The van der Waals surface area contributed by atoms with Crippen molar-refractivity contribution in [3.63, 3.8) is 0 Å². The number of aliphatic imine (C=N–C) groups is 1. The summed E-state index contributed by atoms with van der Waals surface area (Å²) in [4.78, 5) is 36.8. The Balaban J connectivity index is 2.72. The van der Waals surface area contributed by atoms with Gasteiger partial charge in [0.15, 0.2) is 0 Å². The van der Waals surface area contributed by atoms with Crippen molar-refractivity contribution >= 4 is 24.2 Å². The minimum Gasteiger partial charge on any atom is -0.480 e. The van der Waals surface area contributed by atoms with Crippen molar-refractivity contribution in [2.45, 2.75) is 25.8 Å². The van der Waals surface area contributed by atoms with Crippen molar-refractivity contribution in [1.29, 1.82) is 0 Å². The summed E-state index contributed by atoms with van der Waals surface area (Å²) >= 11 is 0. The maximum Gasteiger partial charge on any atom is 0.328 e. The van der Waals surface area contributed by atoms with Crippen LogP contribution >= 0.6 is 0 Å². The third-order valence-corrected chi connectivity index (χ3v) is 2.80. The van der Waals surface area contributed by atoms with E-state index in [0.717, 1.165) is 0 Å². The van der Waals surface area contributed by atoms with Crippen molar-refractivity contribution in [3.8, 4) is 5.75 Å². The number of hydrogen-bond donors (Lipinski definition) is 3. The molecular formula is C15H19N3O5. The molecule has 0 radical (unpaired) electrons. The van der Waals surface area contributed by atoms with E-state index in [4.69, 9.17) is 15.6 Å². The first-order valence-corrected chi connectivity index (χ1v) is 6.97. The first-order chi connectivity index (χ1) is 10.9. The minimum absolute atomic E-state index is 0.238. The molecule has 0 unspecified atom stereocenters. The molecule has 2 amide bonds. The molecule has 0 saturated carbocycles. The van der Waals surface area contributed by atoms with Gasteiger partial charge in [-0.2, -0.15) is 0 Å². The summed E-state index contributed by atoms with van der Waals surface area (Å²) in [7, 11) is 0. The van der Waals surface area contributed by atoms with E-state index in [2.05, 4.69) is 10.3 Å². The lowest BCUT2D eigenvalue weighted by molar-refractivity contribution is -0.138. The summed E-state index contributed by atoms with van der Waals surface area (Å²) in [5, 5.41) is 11.5. The number of nitrogens with zero attached hydrogens (tertiary/aromatic N) is 1. The number of aliphatic carboxylic acids is 1. The average Bonchev–Trinajstić information content (AvgIpc) is 2.46. The number of carboxylic acid groups (broad SMARTS) is 1. The topological polar surface area (TPSA) is 131 Å². The number of amides is 2. The predicted octanol–water partition coefficient (Wildman–Crippen LogP) is 0.933. The van der Waals surface area contributed by atoms with E-state index in [1.165, 1.54) is 13.1 Å². The van der Waals surface area contributed by atoms with Gasteiger partial charge in [-0.15, -0.1) is 0 Å². The normalized spacial score (nSPS) is 11.9. The molecule has 8 heteroatoms. The number of hydrogen-bond acceptors (Lipinski definition) is 5. The number of carbonyl (C=O) groups excluding carboxylic acids is 2. The number of para-hydroxylation sites is 1. The largest absolute Gasteiger partial charge is 0.480 e. The molecule has 0 fully saturated rings. The first kappa shape index (κ1) is 18.1. The molecule has 8 nitrogen and oxygen atoms in total. The summed E-state index contributed by atoms with van der Waals surface area (Å²) in [6.45, 7) is 1.55. The number of carboxylic acids is 1. The van der Waals surface area contributed by atoms with Gasteiger partial charge in [0, 0.05) is 25.2 Å². The van der Waals surface area contributed by atoms with Crippen LogP contribution in [0, 0.1) is 0 Å². The molecule has 4 N–H and O–H groups in total. The molecule has 0 spiro atoms. The highest BCUT2D eigenvalue weighted by Crippen LogP contribution is 2.16. The minimum atomic E-state index is -1.08. The van der Waals surface area contributed by atoms with Gasteiger partial charge in [0.1, 0.15) is 11.8 Å². The van der Waals surface area contributed by atoms with Gasteiger partial charge in [-0.25, -0.2) is 9.59 Å². The van der Waals surface area contributed by atoms with E-state index in [1.54, 1.807) is 24.3 Å². The molecule has 1 aromatic carbocycles. The number of carbonyl (C=O) groups is 3. The van der Waals surface area contributed by atoms with Gasteiger partial charge in [-0.1, -0.05) is 12.1 Å². The Kier molecular flexibility index (Phi) is 7.25. The maximum absolute atomic E-state index is 11.2. The van der Waals surface area contributed by atoms with Crippen molar-refractivity contribution in [2.24, 2.45) is 10.7 Å². The van der Waals surface area contributed by atoms with E-state index in [9.17, 15) is 14.4 Å². The molecule has 1 atom stereocenters. The van der Waals surface area contributed by atoms with E-state index in [1.807, 2.05) is 0 Å². The number of urea groups is 1. The van der Waals surface area contributed by atoms with E-state index in [0.29, 0.717) is 17.7 Å². The molecule has 1 rings (SSSR count). The number of esters is 1. The SMILES string of the molecule is CC(=O)Oc1ccccc1C=N[C@@H](CCCNC(N)=O)C(=O)O. The zero-order chi connectivity index (χ0) is 17.2. The summed E-state index contributed by atoms with van der Waals surface area (Å²) < 4.78 is 5.02. The van der Waals surface area contributed by atoms with Gasteiger partial charge in [-0.3, -0.25) is 9.79 Å². The lowest BCUT2D eigenvalue weighted by Gasteiger charge is -2.08. The van der Waals surface area contributed by atoms with E-state index >= 15 is 0 Å². The first-order valence-electron chi connectivity index (χ1n) is 6.97. The zero-order valence-corrected chi connectivity index (χ0v) is 12.7. The molecule has 0 aromatic heterocycles. The molecule has 0 aliphatic heterocycles. The maximum atomic E-state index is 11.2. The molecule has 0 bridgehead atoms. The highest BCUT2D eigenvalue weighted by molar-refractivity contribution is 5.87. The van der Waals surface area contributed by atoms with Crippen molar-refractivity contribution in [3.05, 3.63) is 29.8 Å². The standard InChI is InChI=1S/C15H19N3O5/c1-10(19)23-13-7-3-2-5-11(13)9-18-12(14(20)21)6-4-8-17-15(16)22/h2-3,5,7,9,12H,4,6,8H2,1H3,(H,20,21)(H3,16,17,22)/t12-/m0/s1. The highest BCUT2D eigenvalue weighted by Gasteiger charge is 2.15. The van der Waals surface area contributed by atoms with Crippen LogP contribution in [0.1, 0.15) is 25.3 Å². The Bertz CT molecular complexity index is 601. The number of nitrogens with one attached hydrogen (secondary N) is 1. The van der Waals surface area contributed by atoms with Crippen LogP contribution in [-0.2, 0) is 9.59 Å². The summed E-state index contributed by atoms with van der Waals surface area (Å²) in [6.07, 6.45) is 2.02. The molecule has 0 aliphatic carbocycles. The number of ether oxygens (including phenoxy) is 1. The van der Waals surface area contributed by atoms with Crippen molar-refractivity contribution in [1.82, 2.24) is 5.32 Å². The third kappa shape index (κ3) is 7.07. The Labute approximate surface area is 133 Å². The van der Waals surface area contributed by atoms with Crippen LogP contribution in [0.25, 0.3) is 0 Å². The number of rotatable bonds is 8. The highest BCUT2D eigenvalue weighted by atomic mass is 16.5. The number of primary amides is 1. The third-order valence-electron chi connectivity index (χ3n) is 2.80. The number of nitrogens with two attached hydrogens (primary N) is 1. The van der Waals surface area contributed by atoms with Gasteiger partial charge in [-0.05, 0) is 25.0 Å². The monoisotopic (exact) mass is 321 g/mol. The second-order valence-corrected chi connectivity index (χ2v) is 4.70. The fourth-order valence-corrected chi connectivity index (χ4v) is 1.77.